The highest BCUT2D eigenvalue weighted by molar-refractivity contribution is 6.31. The van der Waals surface area contributed by atoms with Gasteiger partial charge in [0.2, 0.25) is 0 Å². The quantitative estimate of drug-likeness (QED) is 0.811. The molecule has 0 spiro atoms. The van der Waals surface area contributed by atoms with Crippen molar-refractivity contribution in [3.05, 3.63) is 34.6 Å². The fourth-order valence-electron chi connectivity index (χ4n) is 1.47. The molecule has 0 amide bonds. The minimum Gasteiger partial charge on any atom is -0.388 e. The largest absolute Gasteiger partial charge is 0.389 e. The molecular weight excluding hydrogens is 260 g/mol. The minimum atomic E-state index is -4.27. The number of aliphatic hydroxyl groups excluding tert-OH is 1. The van der Waals surface area contributed by atoms with E-state index in [1.807, 2.05) is 0 Å². The summed E-state index contributed by atoms with van der Waals surface area (Å²) in [5, 5.41) is 9.61. The highest BCUT2D eigenvalue weighted by atomic mass is 35.5. The molecule has 1 aromatic carbocycles. The zero-order valence-corrected chi connectivity index (χ0v) is 9.52. The Labute approximate surface area is 101 Å². The first-order valence-corrected chi connectivity index (χ1v) is 5.38. The zero-order chi connectivity index (χ0) is 13.1. The number of halogens is 5. The van der Waals surface area contributed by atoms with Gasteiger partial charge in [-0.3, -0.25) is 0 Å². The van der Waals surface area contributed by atoms with E-state index in [1.54, 1.807) is 0 Å². The summed E-state index contributed by atoms with van der Waals surface area (Å²) >= 11 is 5.67. The molecule has 0 aromatic heterocycles. The molecule has 1 nitrogen and oxygen atoms in total. The van der Waals surface area contributed by atoms with E-state index in [1.165, 1.54) is 12.1 Å². The van der Waals surface area contributed by atoms with Crippen LogP contribution < -0.4 is 0 Å². The Balaban J connectivity index is 2.61. The molecule has 1 aromatic rings. The van der Waals surface area contributed by atoms with Gasteiger partial charge in [0.05, 0.1) is 6.10 Å². The Bertz CT molecular complexity index is 358. The first-order valence-electron chi connectivity index (χ1n) is 5.00. The predicted octanol–water partition coefficient (Wildman–Crippen LogP) is 4.25. The lowest BCUT2D eigenvalue weighted by molar-refractivity contribution is -0.136. The fraction of sp³-hybridized carbons (Fsp3) is 0.455. The number of alkyl halides is 3. The van der Waals surface area contributed by atoms with Gasteiger partial charge in [-0.05, 0) is 25.0 Å². The highest BCUT2D eigenvalue weighted by Crippen LogP contribution is 2.31. The zero-order valence-electron chi connectivity index (χ0n) is 8.77. The number of rotatable bonds is 4. The first-order chi connectivity index (χ1) is 7.81. The summed E-state index contributed by atoms with van der Waals surface area (Å²) in [6, 6.07) is 3.85. The van der Waals surface area contributed by atoms with Crippen molar-refractivity contribution in [2.45, 2.75) is 31.5 Å². The van der Waals surface area contributed by atoms with Crippen molar-refractivity contribution in [1.29, 1.82) is 0 Å². The number of aliphatic hydroxyl groups is 1. The molecule has 0 saturated carbocycles. The topological polar surface area (TPSA) is 20.2 Å². The third-order valence-corrected chi connectivity index (χ3v) is 2.60. The maximum absolute atomic E-state index is 13.3. The SMILES string of the molecule is OC(CCCC(F)(F)F)c1c(F)cccc1Cl. The monoisotopic (exact) mass is 270 g/mol. The van der Waals surface area contributed by atoms with Crippen LogP contribution in [0.25, 0.3) is 0 Å². The van der Waals surface area contributed by atoms with Crippen LogP contribution >= 0.6 is 11.6 Å². The molecule has 1 atom stereocenters. The Kier molecular flexibility index (Phi) is 4.77. The van der Waals surface area contributed by atoms with E-state index in [2.05, 4.69) is 0 Å². The van der Waals surface area contributed by atoms with E-state index in [4.69, 9.17) is 11.6 Å². The molecule has 6 heteroatoms. The van der Waals surface area contributed by atoms with E-state index in [0.29, 0.717) is 0 Å². The van der Waals surface area contributed by atoms with Gasteiger partial charge in [-0.15, -0.1) is 0 Å². The van der Waals surface area contributed by atoms with E-state index in [-0.39, 0.29) is 23.4 Å². The molecule has 1 N–H and O–H groups in total. The number of benzene rings is 1. The van der Waals surface area contributed by atoms with Gasteiger partial charge in [-0.2, -0.15) is 13.2 Å². The minimum absolute atomic E-state index is 0.0181. The van der Waals surface area contributed by atoms with Gasteiger partial charge >= 0.3 is 6.18 Å². The van der Waals surface area contributed by atoms with Crippen molar-refractivity contribution in [2.24, 2.45) is 0 Å². The van der Waals surface area contributed by atoms with Crippen molar-refractivity contribution in [2.75, 3.05) is 0 Å². The van der Waals surface area contributed by atoms with E-state index in [0.717, 1.165) is 6.07 Å². The van der Waals surface area contributed by atoms with Crippen LogP contribution in [0.1, 0.15) is 30.9 Å². The van der Waals surface area contributed by atoms with Gasteiger partial charge in [0, 0.05) is 17.0 Å². The predicted molar refractivity (Wildman–Crippen MR) is 56.3 cm³/mol. The van der Waals surface area contributed by atoms with Gasteiger partial charge in [-0.25, -0.2) is 4.39 Å². The number of hydrogen-bond acceptors (Lipinski definition) is 1. The molecule has 0 aliphatic heterocycles. The van der Waals surface area contributed by atoms with Crippen molar-refractivity contribution in [3.8, 4) is 0 Å². The molecule has 0 radical (unpaired) electrons. The highest BCUT2D eigenvalue weighted by Gasteiger charge is 2.27. The van der Waals surface area contributed by atoms with Gasteiger partial charge in [-0.1, -0.05) is 17.7 Å². The first kappa shape index (κ1) is 14.3. The van der Waals surface area contributed by atoms with Crippen molar-refractivity contribution < 1.29 is 22.7 Å². The molecule has 1 rings (SSSR count). The van der Waals surface area contributed by atoms with E-state index >= 15 is 0 Å². The van der Waals surface area contributed by atoms with Gasteiger partial charge in [0.15, 0.2) is 0 Å². The molecule has 0 bridgehead atoms. The Morgan fingerprint density at radius 3 is 2.47 bits per heavy atom. The molecule has 0 fully saturated rings. The van der Waals surface area contributed by atoms with Gasteiger partial charge in [0.1, 0.15) is 5.82 Å². The smallest absolute Gasteiger partial charge is 0.388 e. The third-order valence-electron chi connectivity index (χ3n) is 2.27. The standard InChI is InChI=1S/C11H11ClF4O/c12-7-3-1-4-8(13)10(7)9(17)5-2-6-11(14,15)16/h1,3-4,9,17H,2,5-6H2. The molecule has 1 unspecified atom stereocenters. The Morgan fingerprint density at radius 2 is 1.94 bits per heavy atom. The van der Waals surface area contributed by atoms with Crippen LogP contribution in [0.4, 0.5) is 17.6 Å². The van der Waals surface area contributed by atoms with Gasteiger partial charge < -0.3 is 5.11 Å². The second-order valence-corrected chi connectivity index (χ2v) is 4.07. The lowest BCUT2D eigenvalue weighted by Crippen LogP contribution is -2.08. The summed E-state index contributed by atoms with van der Waals surface area (Å²) in [5.74, 6) is -0.711. The van der Waals surface area contributed by atoms with Crippen molar-refractivity contribution >= 4 is 11.6 Å². The lowest BCUT2D eigenvalue weighted by Gasteiger charge is -2.14. The van der Waals surface area contributed by atoms with E-state index < -0.39 is 24.5 Å². The summed E-state index contributed by atoms with van der Waals surface area (Å²) in [5.41, 5.74) is -0.142. The van der Waals surface area contributed by atoms with Crippen LogP contribution in [0, 0.1) is 5.82 Å². The normalized spacial score (nSPS) is 13.8. The van der Waals surface area contributed by atoms with Crippen LogP contribution in [-0.2, 0) is 0 Å². The van der Waals surface area contributed by atoms with Gasteiger partial charge in [0.25, 0.3) is 0 Å². The number of hydrogen-bond donors (Lipinski definition) is 1. The molecule has 96 valence electrons. The molecule has 17 heavy (non-hydrogen) atoms. The molecule has 0 heterocycles. The molecule has 0 saturated heterocycles. The Morgan fingerprint density at radius 1 is 1.29 bits per heavy atom. The van der Waals surface area contributed by atoms with Crippen molar-refractivity contribution in [1.82, 2.24) is 0 Å². The summed E-state index contributed by atoms with van der Waals surface area (Å²) < 4.78 is 49.0. The van der Waals surface area contributed by atoms with Crippen LogP contribution in [0.3, 0.4) is 0 Å². The molecule has 0 aliphatic rings. The van der Waals surface area contributed by atoms with Crippen LogP contribution in [0.2, 0.25) is 5.02 Å². The van der Waals surface area contributed by atoms with Crippen LogP contribution in [-0.4, -0.2) is 11.3 Å². The maximum Gasteiger partial charge on any atom is 0.389 e. The average molecular weight is 271 g/mol. The second-order valence-electron chi connectivity index (χ2n) is 3.66. The lowest BCUT2D eigenvalue weighted by atomic mass is 10.0. The average Bonchev–Trinajstić information content (AvgIpc) is 2.15. The fourth-order valence-corrected chi connectivity index (χ4v) is 1.76. The molecular formula is C11H11ClF4O. The summed E-state index contributed by atoms with van der Waals surface area (Å²) in [6.07, 6.45) is -7.03. The summed E-state index contributed by atoms with van der Waals surface area (Å²) in [7, 11) is 0. The summed E-state index contributed by atoms with van der Waals surface area (Å²) in [6.45, 7) is 0. The Hall–Kier alpha value is -0.810. The van der Waals surface area contributed by atoms with Crippen LogP contribution in [0.15, 0.2) is 18.2 Å². The van der Waals surface area contributed by atoms with Crippen molar-refractivity contribution in [3.63, 3.8) is 0 Å². The maximum atomic E-state index is 13.3. The van der Waals surface area contributed by atoms with Crippen LogP contribution in [0.5, 0.6) is 0 Å². The molecule has 0 aliphatic carbocycles. The third kappa shape index (κ3) is 4.52. The summed E-state index contributed by atoms with van der Waals surface area (Å²) in [4.78, 5) is 0. The second kappa shape index (κ2) is 5.69. The van der Waals surface area contributed by atoms with E-state index in [9.17, 15) is 22.7 Å².